The number of anilines is 1. The van der Waals surface area contributed by atoms with Crippen molar-refractivity contribution in [3.8, 4) is 0 Å². The lowest BCUT2D eigenvalue weighted by molar-refractivity contribution is -0.115. The molecule has 1 aromatic heterocycles. The SMILES string of the molecule is Cc1ccccc1CC(=O)Nc1nccnc1Cl. The molecule has 0 saturated heterocycles. The first kappa shape index (κ1) is 12.5. The van der Waals surface area contributed by atoms with Crippen LogP contribution in [0.1, 0.15) is 11.1 Å². The Morgan fingerprint density at radius 3 is 2.72 bits per heavy atom. The Morgan fingerprint density at radius 1 is 1.28 bits per heavy atom. The van der Waals surface area contributed by atoms with E-state index in [1.54, 1.807) is 0 Å². The van der Waals surface area contributed by atoms with Crippen LogP contribution in [0.15, 0.2) is 36.7 Å². The van der Waals surface area contributed by atoms with Crippen molar-refractivity contribution < 1.29 is 4.79 Å². The molecule has 0 fully saturated rings. The molecular weight excluding hydrogens is 250 g/mol. The van der Waals surface area contributed by atoms with E-state index in [2.05, 4.69) is 15.3 Å². The molecule has 5 heteroatoms. The quantitative estimate of drug-likeness (QED) is 0.924. The van der Waals surface area contributed by atoms with E-state index in [0.717, 1.165) is 11.1 Å². The minimum atomic E-state index is -0.160. The van der Waals surface area contributed by atoms with Gasteiger partial charge in [-0.25, -0.2) is 9.97 Å². The van der Waals surface area contributed by atoms with Crippen LogP contribution < -0.4 is 5.32 Å². The van der Waals surface area contributed by atoms with Crippen molar-refractivity contribution in [1.82, 2.24) is 9.97 Å². The van der Waals surface area contributed by atoms with E-state index < -0.39 is 0 Å². The normalized spacial score (nSPS) is 10.1. The summed E-state index contributed by atoms with van der Waals surface area (Å²) in [7, 11) is 0. The van der Waals surface area contributed by atoms with Crippen LogP contribution in [0, 0.1) is 6.92 Å². The second-order valence-corrected chi connectivity index (χ2v) is 4.21. The lowest BCUT2D eigenvalue weighted by atomic mass is 10.1. The van der Waals surface area contributed by atoms with Gasteiger partial charge in [0.05, 0.1) is 6.42 Å². The second kappa shape index (κ2) is 5.60. The van der Waals surface area contributed by atoms with Crippen molar-refractivity contribution in [3.63, 3.8) is 0 Å². The lowest BCUT2D eigenvalue weighted by Crippen LogP contribution is -2.16. The smallest absolute Gasteiger partial charge is 0.230 e. The molecule has 1 amide bonds. The van der Waals surface area contributed by atoms with Crippen LogP contribution in [0.3, 0.4) is 0 Å². The fourth-order valence-electron chi connectivity index (χ4n) is 1.56. The lowest BCUT2D eigenvalue weighted by Gasteiger charge is -2.07. The van der Waals surface area contributed by atoms with Gasteiger partial charge in [-0.15, -0.1) is 0 Å². The number of amides is 1. The van der Waals surface area contributed by atoms with Crippen molar-refractivity contribution in [2.24, 2.45) is 0 Å². The Labute approximate surface area is 110 Å². The summed E-state index contributed by atoms with van der Waals surface area (Å²) in [5.74, 6) is 0.129. The van der Waals surface area contributed by atoms with Crippen molar-refractivity contribution >= 4 is 23.3 Å². The van der Waals surface area contributed by atoms with Crippen LogP contribution >= 0.6 is 11.6 Å². The first-order valence-corrected chi connectivity index (χ1v) is 5.85. The molecule has 0 atom stereocenters. The van der Waals surface area contributed by atoms with E-state index >= 15 is 0 Å². The molecule has 0 aliphatic heterocycles. The molecule has 1 aromatic carbocycles. The van der Waals surface area contributed by atoms with Crippen LogP contribution in [0.25, 0.3) is 0 Å². The first-order chi connectivity index (χ1) is 8.66. The number of hydrogen-bond donors (Lipinski definition) is 1. The number of nitrogens with one attached hydrogen (secondary N) is 1. The molecule has 18 heavy (non-hydrogen) atoms. The number of carbonyl (C=O) groups excluding carboxylic acids is 1. The molecule has 2 aromatic rings. The van der Waals surface area contributed by atoms with Crippen LogP contribution in [0.4, 0.5) is 5.82 Å². The van der Waals surface area contributed by atoms with Gasteiger partial charge in [-0.1, -0.05) is 35.9 Å². The average Bonchev–Trinajstić information content (AvgIpc) is 2.35. The summed E-state index contributed by atoms with van der Waals surface area (Å²) in [6.45, 7) is 1.97. The summed E-state index contributed by atoms with van der Waals surface area (Å²) in [6, 6.07) is 7.74. The van der Waals surface area contributed by atoms with Crippen molar-refractivity contribution in [3.05, 3.63) is 52.9 Å². The van der Waals surface area contributed by atoms with Gasteiger partial charge in [0.15, 0.2) is 11.0 Å². The molecule has 0 aliphatic rings. The maximum atomic E-state index is 11.8. The summed E-state index contributed by atoms with van der Waals surface area (Å²) in [6.07, 6.45) is 3.24. The molecule has 0 spiro atoms. The first-order valence-electron chi connectivity index (χ1n) is 5.47. The van der Waals surface area contributed by atoms with E-state index in [1.165, 1.54) is 12.4 Å². The summed E-state index contributed by atoms with van der Waals surface area (Å²) in [5, 5.41) is 2.83. The van der Waals surface area contributed by atoms with Crippen LogP contribution in [-0.4, -0.2) is 15.9 Å². The number of benzene rings is 1. The van der Waals surface area contributed by atoms with Crippen molar-refractivity contribution in [2.45, 2.75) is 13.3 Å². The van der Waals surface area contributed by atoms with Gasteiger partial charge in [-0.05, 0) is 18.1 Å². The van der Waals surface area contributed by atoms with E-state index in [0.29, 0.717) is 6.42 Å². The highest BCUT2D eigenvalue weighted by atomic mass is 35.5. The highest BCUT2D eigenvalue weighted by Gasteiger charge is 2.09. The number of halogens is 1. The highest BCUT2D eigenvalue weighted by molar-refractivity contribution is 6.32. The van der Waals surface area contributed by atoms with E-state index in [9.17, 15) is 4.79 Å². The van der Waals surface area contributed by atoms with Crippen LogP contribution in [0.5, 0.6) is 0 Å². The van der Waals surface area contributed by atoms with Gasteiger partial charge in [0.2, 0.25) is 5.91 Å². The maximum absolute atomic E-state index is 11.8. The third-order valence-corrected chi connectivity index (χ3v) is 2.80. The average molecular weight is 262 g/mol. The zero-order chi connectivity index (χ0) is 13.0. The van der Waals surface area contributed by atoms with E-state index in [1.807, 2.05) is 31.2 Å². The van der Waals surface area contributed by atoms with Gasteiger partial charge in [0.25, 0.3) is 0 Å². The number of aryl methyl sites for hydroxylation is 1. The van der Waals surface area contributed by atoms with E-state index in [4.69, 9.17) is 11.6 Å². The number of carbonyl (C=O) groups is 1. The fourth-order valence-corrected chi connectivity index (χ4v) is 1.71. The number of aromatic nitrogens is 2. The Balaban J connectivity index is 2.06. The molecule has 0 radical (unpaired) electrons. The summed E-state index contributed by atoms with van der Waals surface area (Å²) in [5.41, 5.74) is 2.06. The number of rotatable bonds is 3. The van der Waals surface area contributed by atoms with Crippen LogP contribution in [0.2, 0.25) is 5.15 Å². The van der Waals surface area contributed by atoms with Crippen molar-refractivity contribution in [2.75, 3.05) is 5.32 Å². The third-order valence-electron chi connectivity index (χ3n) is 2.52. The van der Waals surface area contributed by atoms with Gasteiger partial charge in [0, 0.05) is 12.4 Å². The van der Waals surface area contributed by atoms with Gasteiger partial charge in [-0.3, -0.25) is 4.79 Å². The van der Waals surface area contributed by atoms with E-state index in [-0.39, 0.29) is 16.9 Å². The van der Waals surface area contributed by atoms with Gasteiger partial charge >= 0.3 is 0 Å². The summed E-state index contributed by atoms with van der Waals surface area (Å²) < 4.78 is 0. The summed E-state index contributed by atoms with van der Waals surface area (Å²) in [4.78, 5) is 19.6. The molecule has 4 nitrogen and oxygen atoms in total. The molecule has 2 rings (SSSR count). The fraction of sp³-hybridized carbons (Fsp3) is 0.154. The molecule has 92 valence electrons. The third kappa shape index (κ3) is 3.05. The Hall–Kier alpha value is -1.94. The monoisotopic (exact) mass is 261 g/mol. The topological polar surface area (TPSA) is 54.9 Å². The highest BCUT2D eigenvalue weighted by Crippen LogP contribution is 2.15. The van der Waals surface area contributed by atoms with Gasteiger partial charge in [-0.2, -0.15) is 0 Å². The minimum Gasteiger partial charge on any atom is -0.308 e. The zero-order valence-corrected chi connectivity index (χ0v) is 10.6. The standard InChI is InChI=1S/C13H12ClN3O/c1-9-4-2-3-5-10(9)8-11(18)17-13-12(14)15-6-7-16-13/h2-7H,8H2,1H3,(H,16,17,18). The summed E-state index contributed by atoms with van der Waals surface area (Å²) >= 11 is 5.81. The molecule has 0 saturated carbocycles. The molecule has 0 unspecified atom stereocenters. The number of nitrogens with zero attached hydrogens (tertiary/aromatic N) is 2. The molecule has 1 heterocycles. The predicted octanol–water partition coefficient (Wildman–Crippen LogP) is 2.62. The van der Waals surface area contributed by atoms with Crippen LogP contribution in [-0.2, 0) is 11.2 Å². The Morgan fingerprint density at radius 2 is 2.00 bits per heavy atom. The second-order valence-electron chi connectivity index (χ2n) is 3.85. The predicted molar refractivity (Wildman–Crippen MR) is 70.6 cm³/mol. The van der Waals surface area contributed by atoms with Gasteiger partial charge < -0.3 is 5.32 Å². The molecular formula is C13H12ClN3O. The molecule has 1 N–H and O–H groups in total. The molecule has 0 bridgehead atoms. The minimum absolute atomic E-state index is 0.160. The zero-order valence-electron chi connectivity index (χ0n) is 9.85. The Bertz CT molecular complexity index is 522. The molecule has 0 aliphatic carbocycles. The van der Waals surface area contributed by atoms with Gasteiger partial charge in [0.1, 0.15) is 0 Å². The van der Waals surface area contributed by atoms with Crippen molar-refractivity contribution in [1.29, 1.82) is 0 Å². The number of hydrogen-bond acceptors (Lipinski definition) is 3. The maximum Gasteiger partial charge on any atom is 0.230 e. The largest absolute Gasteiger partial charge is 0.308 e. The Kier molecular flexibility index (Phi) is 3.89.